The highest BCUT2D eigenvalue weighted by molar-refractivity contribution is 9.11. The molecule has 0 aliphatic carbocycles. The smallest absolute Gasteiger partial charge is 0.0701 e. The molecule has 0 bridgehead atoms. The third-order valence-electron chi connectivity index (χ3n) is 2.78. The fraction of sp³-hybridized carbons (Fsp3) is 0.286. The zero-order valence-corrected chi connectivity index (χ0v) is 12.1. The summed E-state index contributed by atoms with van der Waals surface area (Å²) in [5.41, 5.74) is 2.48. The van der Waals surface area contributed by atoms with Crippen molar-refractivity contribution in [1.29, 1.82) is 0 Å². The molecule has 0 saturated heterocycles. The van der Waals surface area contributed by atoms with Crippen molar-refractivity contribution in [3.63, 3.8) is 0 Å². The predicted octanol–water partition coefficient (Wildman–Crippen LogP) is 3.97. The second-order valence-electron chi connectivity index (χ2n) is 4.19. The molecule has 2 aromatic rings. The van der Waals surface area contributed by atoms with Gasteiger partial charge in [-0.25, -0.2) is 0 Å². The maximum Gasteiger partial charge on any atom is 0.0701 e. The molecule has 0 spiro atoms. The molecular weight excluding hydrogens is 296 g/mol. The Labute approximate surface area is 114 Å². The lowest BCUT2D eigenvalue weighted by Gasteiger charge is -2.11. The minimum Gasteiger partial charge on any atom is -0.392 e. The van der Waals surface area contributed by atoms with E-state index in [1.165, 1.54) is 16.0 Å². The monoisotopic (exact) mass is 310 g/mol. The molecule has 1 unspecified atom stereocenters. The second-order valence-corrected chi connectivity index (χ2v) is 6.74. The summed E-state index contributed by atoms with van der Waals surface area (Å²) in [5, 5.41) is 10.1. The summed E-state index contributed by atoms with van der Waals surface area (Å²) in [6.07, 6.45) is 1.15. The average molecular weight is 311 g/mol. The number of benzene rings is 1. The molecule has 2 rings (SSSR count). The highest BCUT2D eigenvalue weighted by atomic mass is 79.9. The molecule has 1 N–H and O–H groups in total. The van der Waals surface area contributed by atoms with Crippen molar-refractivity contribution in [2.75, 3.05) is 0 Å². The van der Waals surface area contributed by atoms with Gasteiger partial charge in [0.15, 0.2) is 0 Å². The van der Waals surface area contributed by atoms with Crippen LogP contribution in [-0.4, -0.2) is 11.2 Å². The van der Waals surface area contributed by atoms with Gasteiger partial charge in [0, 0.05) is 11.3 Å². The highest BCUT2D eigenvalue weighted by Gasteiger charge is 2.09. The summed E-state index contributed by atoms with van der Waals surface area (Å²) in [6.45, 7) is 2.09. The Kier molecular flexibility index (Phi) is 4.37. The van der Waals surface area contributed by atoms with Crippen LogP contribution in [0, 0.1) is 6.92 Å². The lowest BCUT2D eigenvalue weighted by Crippen LogP contribution is -2.13. The topological polar surface area (TPSA) is 20.2 Å². The van der Waals surface area contributed by atoms with E-state index in [4.69, 9.17) is 0 Å². The number of aliphatic hydroxyl groups is 1. The molecule has 1 nitrogen and oxygen atoms in total. The molecule has 0 fully saturated rings. The SMILES string of the molecule is Cc1ccccc1CC(O)Cc1ccc(Br)s1. The molecule has 0 aliphatic heterocycles. The van der Waals surface area contributed by atoms with Gasteiger partial charge in [-0.05, 0) is 52.5 Å². The predicted molar refractivity (Wildman–Crippen MR) is 76.6 cm³/mol. The third kappa shape index (κ3) is 3.66. The fourth-order valence-electron chi connectivity index (χ4n) is 1.86. The van der Waals surface area contributed by atoms with Gasteiger partial charge in [0.1, 0.15) is 0 Å². The molecule has 0 saturated carbocycles. The van der Waals surface area contributed by atoms with Crippen molar-refractivity contribution in [2.45, 2.75) is 25.9 Å². The number of hydrogen-bond donors (Lipinski definition) is 1. The summed E-state index contributed by atoms with van der Waals surface area (Å²) in [4.78, 5) is 1.22. The first-order valence-corrected chi connectivity index (χ1v) is 7.23. The molecule has 3 heteroatoms. The van der Waals surface area contributed by atoms with Gasteiger partial charge >= 0.3 is 0 Å². The second kappa shape index (κ2) is 5.80. The lowest BCUT2D eigenvalue weighted by molar-refractivity contribution is 0.176. The molecule has 1 atom stereocenters. The Morgan fingerprint density at radius 2 is 1.94 bits per heavy atom. The van der Waals surface area contributed by atoms with Gasteiger partial charge in [0.25, 0.3) is 0 Å². The van der Waals surface area contributed by atoms with Crippen molar-refractivity contribution in [2.24, 2.45) is 0 Å². The fourth-order valence-corrected chi connectivity index (χ4v) is 3.41. The summed E-state index contributed by atoms with van der Waals surface area (Å²) >= 11 is 5.12. The van der Waals surface area contributed by atoms with Crippen LogP contribution >= 0.6 is 27.3 Å². The number of aryl methyl sites for hydroxylation is 1. The molecule has 1 heterocycles. The molecule has 90 valence electrons. The Bertz CT molecular complexity index is 492. The maximum atomic E-state index is 10.1. The number of thiophene rings is 1. The quantitative estimate of drug-likeness (QED) is 0.906. The van der Waals surface area contributed by atoms with Crippen LogP contribution < -0.4 is 0 Å². The van der Waals surface area contributed by atoms with Crippen LogP contribution in [0.2, 0.25) is 0 Å². The Balaban J connectivity index is 1.98. The van der Waals surface area contributed by atoms with Gasteiger partial charge < -0.3 is 5.11 Å². The molecule has 0 aliphatic rings. The Hall–Kier alpha value is -0.640. The normalized spacial score (nSPS) is 12.6. The van der Waals surface area contributed by atoms with E-state index < -0.39 is 0 Å². The first-order chi connectivity index (χ1) is 8.15. The largest absolute Gasteiger partial charge is 0.392 e. The van der Waals surface area contributed by atoms with Crippen molar-refractivity contribution in [1.82, 2.24) is 0 Å². The maximum absolute atomic E-state index is 10.1. The van der Waals surface area contributed by atoms with Crippen LogP contribution in [0.25, 0.3) is 0 Å². The summed E-state index contributed by atoms with van der Waals surface area (Å²) < 4.78 is 1.12. The van der Waals surface area contributed by atoms with Gasteiger partial charge in [-0.1, -0.05) is 24.3 Å². The molecule has 1 aromatic heterocycles. The Morgan fingerprint density at radius 1 is 1.18 bits per heavy atom. The van der Waals surface area contributed by atoms with Gasteiger partial charge in [-0.3, -0.25) is 0 Å². The van der Waals surface area contributed by atoms with E-state index in [-0.39, 0.29) is 6.10 Å². The van der Waals surface area contributed by atoms with E-state index in [9.17, 15) is 5.11 Å². The van der Waals surface area contributed by atoms with Crippen LogP contribution in [0.4, 0.5) is 0 Å². The lowest BCUT2D eigenvalue weighted by atomic mass is 10.0. The van der Waals surface area contributed by atoms with Gasteiger partial charge in [0.2, 0.25) is 0 Å². The standard InChI is InChI=1S/C14H15BrOS/c1-10-4-2-3-5-11(10)8-12(16)9-13-6-7-14(15)17-13/h2-7,12,16H,8-9H2,1H3. The van der Waals surface area contributed by atoms with Crippen LogP contribution in [0.15, 0.2) is 40.2 Å². The zero-order chi connectivity index (χ0) is 12.3. The minimum absolute atomic E-state index is 0.304. The third-order valence-corrected chi connectivity index (χ3v) is 4.43. The number of aliphatic hydroxyl groups excluding tert-OH is 1. The van der Waals surface area contributed by atoms with Crippen molar-refractivity contribution in [3.8, 4) is 0 Å². The first-order valence-electron chi connectivity index (χ1n) is 5.62. The van der Waals surface area contributed by atoms with Crippen LogP contribution in [0.3, 0.4) is 0 Å². The molecule has 17 heavy (non-hydrogen) atoms. The van der Waals surface area contributed by atoms with E-state index in [1.807, 2.05) is 18.2 Å². The van der Waals surface area contributed by atoms with Gasteiger partial charge in [0.05, 0.1) is 9.89 Å². The number of rotatable bonds is 4. The van der Waals surface area contributed by atoms with Crippen LogP contribution in [-0.2, 0) is 12.8 Å². The van der Waals surface area contributed by atoms with Crippen molar-refractivity contribution in [3.05, 3.63) is 56.2 Å². The Morgan fingerprint density at radius 3 is 2.59 bits per heavy atom. The summed E-state index contributed by atoms with van der Waals surface area (Å²) in [5.74, 6) is 0. The van der Waals surface area contributed by atoms with Crippen LogP contribution in [0.1, 0.15) is 16.0 Å². The summed E-state index contributed by atoms with van der Waals surface area (Å²) in [6, 6.07) is 12.3. The highest BCUT2D eigenvalue weighted by Crippen LogP contribution is 2.24. The summed E-state index contributed by atoms with van der Waals surface area (Å²) in [7, 11) is 0. The van der Waals surface area contributed by atoms with Gasteiger partial charge in [-0.2, -0.15) is 0 Å². The van der Waals surface area contributed by atoms with E-state index in [1.54, 1.807) is 11.3 Å². The van der Waals surface area contributed by atoms with Gasteiger partial charge in [-0.15, -0.1) is 11.3 Å². The molecule has 0 amide bonds. The van der Waals surface area contributed by atoms with E-state index in [0.717, 1.165) is 16.6 Å². The molecular formula is C14H15BrOS. The molecule has 1 aromatic carbocycles. The zero-order valence-electron chi connectivity index (χ0n) is 9.69. The number of halogens is 1. The molecule has 0 radical (unpaired) electrons. The number of hydrogen-bond acceptors (Lipinski definition) is 2. The van der Waals surface area contributed by atoms with E-state index in [0.29, 0.717) is 0 Å². The first kappa shape index (κ1) is 12.8. The van der Waals surface area contributed by atoms with E-state index >= 15 is 0 Å². The minimum atomic E-state index is -0.304. The average Bonchev–Trinajstić information content (AvgIpc) is 2.67. The van der Waals surface area contributed by atoms with Crippen molar-refractivity contribution >= 4 is 27.3 Å². The van der Waals surface area contributed by atoms with Crippen LogP contribution in [0.5, 0.6) is 0 Å². The van der Waals surface area contributed by atoms with E-state index in [2.05, 4.69) is 41.1 Å². The van der Waals surface area contributed by atoms with Crippen molar-refractivity contribution < 1.29 is 5.11 Å².